The number of likely N-dealkylation sites (N-methyl/N-ethyl adjacent to an activating group) is 1. The van der Waals surface area contributed by atoms with Gasteiger partial charge in [-0.15, -0.1) is 0 Å². The second-order valence-corrected chi connectivity index (χ2v) is 7.79. The third kappa shape index (κ3) is 5.68. The van der Waals surface area contributed by atoms with E-state index in [0.717, 1.165) is 24.0 Å². The summed E-state index contributed by atoms with van der Waals surface area (Å²) in [7, 11) is 1.81. The highest BCUT2D eigenvalue weighted by Crippen LogP contribution is 2.20. The third-order valence-corrected chi connectivity index (χ3v) is 5.78. The van der Waals surface area contributed by atoms with Crippen LogP contribution in [0.2, 0.25) is 0 Å². The molecule has 2 aromatic rings. The fraction of sp³-hybridized carbons (Fsp3) is 0.417. The predicted octanol–water partition coefficient (Wildman–Crippen LogP) is 1.97. The van der Waals surface area contributed by atoms with Crippen molar-refractivity contribution in [1.82, 2.24) is 15.5 Å². The maximum atomic E-state index is 13.1. The zero-order valence-corrected chi connectivity index (χ0v) is 17.6. The number of amides is 2. The summed E-state index contributed by atoms with van der Waals surface area (Å²) in [5, 5.41) is 6.14. The monoisotopic (exact) mass is 408 g/mol. The minimum atomic E-state index is -0.395. The summed E-state index contributed by atoms with van der Waals surface area (Å²) in [5.41, 5.74) is 8.92. The molecule has 1 aliphatic heterocycles. The number of benzene rings is 2. The lowest BCUT2D eigenvalue weighted by molar-refractivity contribution is -0.140. The van der Waals surface area contributed by atoms with E-state index in [1.807, 2.05) is 49.5 Å². The highest BCUT2D eigenvalue weighted by molar-refractivity contribution is 5.90. The second-order valence-electron chi connectivity index (χ2n) is 7.79. The maximum Gasteiger partial charge on any atom is 0.243 e. The molecule has 1 unspecified atom stereocenters. The Balaban J connectivity index is 1.55. The van der Waals surface area contributed by atoms with E-state index in [9.17, 15) is 9.59 Å². The summed E-state index contributed by atoms with van der Waals surface area (Å²) in [6, 6.07) is 17.4. The van der Waals surface area contributed by atoms with Crippen LogP contribution in [0.4, 0.5) is 0 Å². The van der Waals surface area contributed by atoms with Crippen LogP contribution < -0.4 is 16.4 Å². The van der Waals surface area contributed by atoms with Crippen molar-refractivity contribution in [3.05, 3.63) is 71.3 Å². The molecule has 0 aromatic heterocycles. The van der Waals surface area contributed by atoms with Crippen molar-refractivity contribution in [2.75, 3.05) is 13.6 Å². The third-order valence-electron chi connectivity index (χ3n) is 5.78. The van der Waals surface area contributed by atoms with Gasteiger partial charge in [-0.1, -0.05) is 54.6 Å². The van der Waals surface area contributed by atoms with Gasteiger partial charge in [0.1, 0.15) is 6.04 Å². The van der Waals surface area contributed by atoms with E-state index in [4.69, 9.17) is 5.73 Å². The van der Waals surface area contributed by atoms with Crippen molar-refractivity contribution in [3.63, 3.8) is 0 Å². The van der Waals surface area contributed by atoms with E-state index < -0.39 is 6.04 Å². The van der Waals surface area contributed by atoms with Crippen LogP contribution in [-0.4, -0.2) is 42.4 Å². The lowest BCUT2D eigenvalue weighted by Gasteiger charge is -2.28. The van der Waals surface area contributed by atoms with Crippen molar-refractivity contribution < 1.29 is 9.59 Å². The second kappa shape index (κ2) is 10.9. The molecule has 3 rings (SSSR count). The summed E-state index contributed by atoms with van der Waals surface area (Å²) >= 11 is 0. The molecule has 0 bridgehead atoms. The van der Waals surface area contributed by atoms with Crippen LogP contribution in [0.5, 0.6) is 0 Å². The first-order valence-corrected chi connectivity index (χ1v) is 10.7. The van der Waals surface area contributed by atoms with Gasteiger partial charge in [0.2, 0.25) is 11.8 Å². The smallest absolute Gasteiger partial charge is 0.243 e. The Hall–Kier alpha value is -2.70. The van der Waals surface area contributed by atoms with Gasteiger partial charge >= 0.3 is 0 Å². The molecule has 0 aliphatic carbocycles. The molecule has 2 atom stereocenters. The lowest BCUT2D eigenvalue weighted by atomic mass is 10.0. The summed E-state index contributed by atoms with van der Waals surface area (Å²) < 4.78 is 0. The Kier molecular flexibility index (Phi) is 7.99. The number of nitrogens with zero attached hydrogens (tertiary/aromatic N) is 1. The lowest BCUT2D eigenvalue weighted by Crippen LogP contribution is -2.51. The quantitative estimate of drug-likeness (QED) is 0.592. The Morgan fingerprint density at radius 1 is 1.07 bits per heavy atom. The van der Waals surface area contributed by atoms with Crippen LogP contribution in [0, 0.1) is 0 Å². The minimum Gasteiger partial charge on any atom is -0.350 e. The molecular formula is C24H32N4O2. The van der Waals surface area contributed by atoms with Gasteiger partial charge < -0.3 is 21.3 Å². The zero-order chi connectivity index (χ0) is 21.3. The predicted molar refractivity (Wildman–Crippen MR) is 119 cm³/mol. The average Bonchev–Trinajstić information content (AvgIpc) is 3.29. The summed E-state index contributed by atoms with van der Waals surface area (Å²) in [6.45, 7) is 1.58. The average molecular weight is 409 g/mol. The Labute approximate surface area is 178 Å². The van der Waals surface area contributed by atoms with Gasteiger partial charge in [-0.2, -0.15) is 0 Å². The van der Waals surface area contributed by atoms with E-state index in [1.54, 1.807) is 4.90 Å². The number of nitrogens with two attached hydrogens (primary N) is 1. The van der Waals surface area contributed by atoms with Gasteiger partial charge in [0, 0.05) is 19.6 Å². The zero-order valence-electron chi connectivity index (χ0n) is 17.6. The first-order valence-electron chi connectivity index (χ1n) is 10.7. The number of aryl methyl sites for hydroxylation is 1. The normalized spacial score (nSPS) is 17.0. The van der Waals surface area contributed by atoms with Crippen molar-refractivity contribution in [1.29, 1.82) is 0 Å². The van der Waals surface area contributed by atoms with Crippen molar-refractivity contribution in [2.24, 2.45) is 5.73 Å². The topological polar surface area (TPSA) is 87.5 Å². The highest BCUT2D eigenvalue weighted by atomic mass is 16.2. The molecule has 2 aromatic carbocycles. The van der Waals surface area contributed by atoms with Crippen molar-refractivity contribution in [2.45, 2.75) is 50.9 Å². The molecule has 160 valence electrons. The van der Waals surface area contributed by atoms with Crippen LogP contribution in [0.15, 0.2) is 54.6 Å². The molecule has 1 fully saturated rings. The van der Waals surface area contributed by atoms with Gasteiger partial charge in [-0.05, 0) is 49.4 Å². The fourth-order valence-electron chi connectivity index (χ4n) is 3.95. The number of likely N-dealkylation sites (tertiary alicyclic amines) is 1. The van der Waals surface area contributed by atoms with Gasteiger partial charge in [-0.3, -0.25) is 9.59 Å². The van der Waals surface area contributed by atoms with Crippen LogP contribution in [0.3, 0.4) is 0 Å². The summed E-state index contributed by atoms with van der Waals surface area (Å²) in [5.74, 6) is -0.0694. The van der Waals surface area contributed by atoms with Gasteiger partial charge in [-0.25, -0.2) is 0 Å². The molecule has 4 N–H and O–H groups in total. The van der Waals surface area contributed by atoms with Crippen LogP contribution in [0.25, 0.3) is 0 Å². The molecule has 0 radical (unpaired) electrons. The molecule has 0 saturated carbocycles. The number of nitrogens with one attached hydrogen (secondary N) is 2. The highest BCUT2D eigenvalue weighted by Gasteiger charge is 2.36. The first kappa shape index (κ1) is 22.0. The maximum absolute atomic E-state index is 13.1. The Morgan fingerprint density at radius 3 is 2.43 bits per heavy atom. The Morgan fingerprint density at radius 2 is 1.77 bits per heavy atom. The number of rotatable bonds is 9. The van der Waals surface area contributed by atoms with Crippen LogP contribution in [-0.2, 0) is 29.1 Å². The molecular weight excluding hydrogens is 376 g/mol. The number of carbonyl (C=O) groups excluding carboxylic acids is 2. The standard InChI is InChI=1S/C24H32N4O2/c1-26-21(14-13-18-6-3-2-4-7-18)24(30)28-15-5-8-22(28)23(29)27-17-20-11-9-19(16-25)10-12-20/h2-4,6-7,9-12,21-22,26H,5,8,13-17,25H2,1H3,(H,27,29)/t21-,22?/m1/s1. The first-order chi connectivity index (χ1) is 14.6. The Bertz CT molecular complexity index is 823. The molecule has 1 aliphatic rings. The van der Waals surface area contributed by atoms with E-state index in [2.05, 4.69) is 22.8 Å². The number of hydrogen-bond acceptors (Lipinski definition) is 4. The molecule has 0 spiro atoms. The number of hydrogen-bond donors (Lipinski definition) is 3. The van der Waals surface area contributed by atoms with E-state index in [1.165, 1.54) is 5.56 Å². The summed E-state index contributed by atoms with van der Waals surface area (Å²) in [4.78, 5) is 27.7. The molecule has 1 heterocycles. The SMILES string of the molecule is CN[C@H](CCc1ccccc1)C(=O)N1CCCC1C(=O)NCc1ccc(CN)cc1. The van der Waals surface area contributed by atoms with E-state index in [-0.39, 0.29) is 17.9 Å². The van der Waals surface area contributed by atoms with Gasteiger partial charge in [0.05, 0.1) is 6.04 Å². The van der Waals surface area contributed by atoms with Gasteiger partial charge in [0.15, 0.2) is 0 Å². The fourth-order valence-corrected chi connectivity index (χ4v) is 3.95. The van der Waals surface area contributed by atoms with Crippen molar-refractivity contribution in [3.8, 4) is 0 Å². The minimum absolute atomic E-state index is 0.0124. The van der Waals surface area contributed by atoms with Crippen LogP contribution >= 0.6 is 0 Å². The molecule has 6 heteroatoms. The van der Waals surface area contributed by atoms with E-state index >= 15 is 0 Å². The summed E-state index contributed by atoms with van der Waals surface area (Å²) in [6.07, 6.45) is 3.09. The van der Waals surface area contributed by atoms with Crippen LogP contribution in [0.1, 0.15) is 36.0 Å². The number of carbonyl (C=O) groups is 2. The largest absolute Gasteiger partial charge is 0.350 e. The molecule has 2 amide bonds. The molecule has 6 nitrogen and oxygen atoms in total. The van der Waals surface area contributed by atoms with Gasteiger partial charge in [0.25, 0.3) is 0 Å². The molecule has 30 heavy (non-hydrogen) atoms. The molecule has 1 saturated heterocycles. The van der Waals surface area contributed by atoms with E-state index in [0.29, 0.717) is 32.5 Å². The van der Waals surface area contributed by atoms with Crippen molar-refractivity contribution >= 4 is 11.8 Å².